The van der Waals surface area contributed by atoms with E-state index in [2.05, 4.69) is 0 Å². The third-order valence-corrected chi connectivity index (χ3v) is 4.88. The van der Waals surface area contributed by atoms with E-state index in [9.17, 15) is 19.5 Å². The summed E-state index contributed by atoms with van der Waals surface area (Å²) in [7, 11) is 1.31. The number of nitrogens with zero attached hydrogens (tertiary/aromatic N) is 1. The van der Waals surface area contributed by atoms with Gasteiger partial charge in [0.25, 0.3) is 0 Å². The summed E-state index contributed by atoms with van der Waals surface area (Å²) >= 11 is 0. The first-order valence-electron chi connectivity index (χ1n) is 7.60. The Hall–Kier alpha value is -1.59. The molecule has 21 heavy (non-hydrogen) atoms. The van der Waals surface area contributed by atoms with Gasteiger partial charge in [0.15, 0.2) is 0 Å². The van der Waals surface area contributed by atoms with Crippen LogP contribution in [-0.4, -0.2) is 47.5 Å². The molecule has 1 N–H and O–H groups in total. The van der Waals surface area contributed by atoms with E-state index < -0.39 is 29.8 Å². The molecule has 1 amide bonds. The number of hydrogen-bond acceptors (Lipinski definition) is 4. The standard InChI is InChI=1S/C15H23NO5/c1-3-9-7-10(11(8-9)14(18)19)13(17)16-6-4-5-12(16)15(20)21-2/h9-12H,3-8H2,1-2H3,(H,18,19)/t9?,10-,11+,12?/m0/s1. The van der Waals surface area contributed by atoms with Gasteiger partial charge in [-0.2, -0.15) is 0 Å². The van der Waals surface area contributed by atoms with Crippen LogP contribution in [0.1, 0.15) is 39.0 Å². The van der Waals surface area contributed by atoms with E-state index in [1.54, 1.807) is 0 Å². The van der Waals surface area contributed by atoms with Crippen molar-refractivity contribution in [2.75, 3.05) is 13.7 Å². The van der Waals surface area contributed by atoms with E-state index >= 15 is 0 Å². The first kappa shape index (κ1) is 15.8. The molecule has 1 saturated carbocycles. The Morgan fingerprint density at radius 1 is 1.24 bits per heavy atom. The van der Waals surface area contributed by atoms with Crippen molar-refractivity contribution in [3.8, 4) is 0 Å². The van der Waals surface area contributed by atoms with Crippen molar-refractivity contribution in [1.29, 1.82) is 0 Å². The Balaban J connectivity index is 2.14. The lowest BCUT2D eigenvalue weighted by molar-refractivity contribution is -0.155. The van der Waals surface area contributed by atoms with Gasteiger partial charge >= 0.3 is 11.9 Å². The van der Waals surface area contributed by atoms with Gasteiger partial charge in [-0.05, 0) is 31.6 Å². The Labute approximate surface area is 124 Å². The van der Waals surface area contributed by atoms with Gasteiger partial charge in [0, 0.05) is 6.54 Å². The van der Waals surface area contributed by atoms with Crippen molar-refractivity contribution >= 4 is 17.8 Å². The van der Waals surface area contributed by atoms with Crippen molar-refractivity contribution in [2.45, 2.75) is 45.1 Å². The summed E-state index contributed by atoms with van der Waals surface area (Å²) in [5, 5.41) is 9.35. The molecule has 2 rings (SSSR count). The van der Waals surface area contributed by atoms with E-state index in [0.717, 1.165) is 12.8 Å². The highest BCUT2D eigenvalue weighted by Crippen LogP contribution is 2.40. The molecule has 0 radical (unpaired) electrons. The highest BCUT2D eigenvalue weighted by Gasteiger charge is 2.46. The zero-order valence-electron chi connectivity index (χ0n) is 12.6. The summed E-state index contributed by atoms with van der Waals surface area (Å²) in [5.74, 6) is -2.35. The maximum Gasteiger partial charge on any atom is 0.328 e. The molecule has 0 aromatic carbocycles. The highest BCUT2D eigenvalue weighted by molar-refractivity contribution is 5.89. The number of carbonyl (C=O) groups excluding carboxylic acids is 2. The van der Waals surface area contributed by atoms with Crippen LogP contribution in [0.15, 0.2) is 0 Å². The molecular formula is C15H23NO5. The van der Waals surface area contributed by atoms with Gasteiger partial charge in [0.05, 0.1) is 18.9 Å². The number of methoxy groups -OCH3 is 1. The first-order chi connectivity index (χ1) is 9.99. The minimum absolute atomic E-state index is 0.189. The molecule has 1 saturated heterocycles. The van der Waals surface area contributed by atoms with E-state index in [4.69, 9.17) is 4.74 Å². The van der Waals surface area contributed by atoms with Gasteiger partial charge in [-0.3, -0.25) is 9.59 Å². The number of carboxylic acids is 1. The average molecular weight is 297 g/mol. The fourth-order valence-electron chi connectivity index (χ4n) is 3.65. The molecule has 1 aliphatic carbocycles. The lowest BCUT2D eigenvalue weighted by Gasteiger charge is -2.27. The lowest BCUT2D eigenvalue weighted by atomic mass is 9.94. The van der Waals surface area contributed by atoms with Gasteiger partial charge in [-0.15, -0.1) is 0 Å². The molecule has 1 heterocycles. The molecule has 4 atom stereocenters. The van der Waals surface area contributed by atoms with Gasteiger partial charge in [0.1, 0.15) is 6.04 Å². The van der Waals surface area contributed by atoms with E-state index in [1.165, 1.54) is 12.0 Å². The van der Waals surface area contributed by atoms with Crippen molar-refractivity contribution in [3.05, 3.63) is 0 Å². The molecule has 6 heteroatoms. The Bertz CT molecular complexity index is 436. The number of esters is 1. The first-order valence-corrected chi connectivity index (χ1v) is 7.60. The second-order valence-electron chi connectivity index (χ2n) is 6.01. The molecule has 118 valence electrons. The van der Waals surface area contributed by atoms with Gasteiger partial charge in [0.2, 0.25) is 5.91 Å². The molecule has 2 aliphatic rings. The van der Waals surface area contributed by atoms with Gasteiger partial charge in [-0.25, -0.2) is 4.79 Å². The normalized spacial score (nSPS) is 32.2. The summed E-state index contributed by atoms with van der Waals surface area (Å²) in [5.41, 5.74) is 0. The number of ether oxygens (including phenoxy) is 1. The molecular weight excluding hydrogens is 274 g/mol. The monoisotopic (exact) mass is 297 g/mol. The second kappa shape index (κ2) is 6.45. The van der Waals surface area contributed by atoms with Crippen LogP contribution in [0.2, 0.25) is 0 Å². The Morgan fingerprint density at radius 3 is 2.48 bits per heavy atom. The van der Waals surface area contributed by atoms with Crippen molar-refractivity contribution in [3.63, 3.8) is 0 Å². The smallest absolute Gasteiger partial charge is 0.328 e. The molecule has 0 aromatic heterocycles. The third-order valence-electron chi connectivity index (χ3n) is 4.88. The van der Waals surface area contributed by atoms with E-state index in [-0.39, 0.29) is 11.8 Å². The fourth-order valence-corrected chi connectivity index (χ4v) is 3.65. The fraction of sp³-hybridized carbons (Fsp3) is 0.800. The number of rotatable bonds is 4. The van der Waals surface area contributed by atoms with Crippen LogP contribution in [0.3, 0.4) is 0 Å². The third kappa shape index (κ3) is 3.04. The number of carboxylic acid groups (broad SMARTS) is 1. The minimum atomic E-state index is -0.905. The largest absolute Gasteiger partial charge is 0.481 e. The molecule has 6 nitrogen and oxygen atoms in total. The number of carbonyl (C=O) groups is 3. The summed E-state index contributed by atoms with van der Waals surface area (Å²) in [6.07, 6.45) is 3.40. The summed E-state index contributed by atoms with van der Waals surface area (Å²) < 4.78 is 4.74. The molecule has 2 fully saturated rings. The number of amides is 1. The van der Waals surface area contributed by atoms with Crippen molar-refractivity contribution in [2.24, 2.45) is 17.8 Å². The van der Waals surface area contributed by atoms with Crippen molar-refractivity contribution < 1.29 is 24.2 Å². The van der Waals surface area contributed by atoms with Crippen LogP contribution in [0.5, 0.6) is 0 Å². The van der Waals surface area contributed by atoms with Gasteiger partial charge < -0.3 is 14.7 Å². The summed E-state index contributed by atoms with van der Waals surface area (Å²) in [4.78, 5) is 37.4. The predicted molar refractivity (Wildman–Crippen MR) is 74.4 cm³/mol. The van der Waals surface area contributed by atoms with Crippen LogP contribution >= 0.6 is 0 Å². The Kier molecular flexibility index (Phi) is 4.85. The number of likely N-dealkylation sites (tertiary alicyclic amines) is 1. The van der Waals surface area contributed by atoms with Crippen LogP contribution < -0.4 is 0 Å². The number of aliphatic carboxylic acids is 1. The molecule has 0 spiro atoms. The molecule has 0 aromatic rings. The SMILES string of the molecule is CCC1C[C@H](C(=O)N2CCCC2C(=O)OC)[C@H](C(=O)O)C1. The minimum Gasteiger partial charge on any atom is -0.481 e. The van der Waals surface area contributed by atoms with Crippen LogP contribution in [0.25, 0.3) is 0 Å². The maximum absolute atomic E-state index is 12.7. The summed E-state index contributed by atoms with van der Waals surface area (Å²) in [6.45, 7) is 2.53. The van der Waals surface area contributed by atoms with Crippen LogP contribution in [-0.2, 0) is 19.1 Å². The zero-order chi connectivity index (χ0) is 15.6. The van der Waals surface area contributed by atoms with Crippen molar-refractivity contribution in [1.82, 2.24) is 4.90 Å². The topological polar surface area (TPSA) is 83.9 Å². The van der Waals surface area contributed by atoms with E-state index in [0.29, 0.717) is 25.8 Å². The molecule has 2 unspecified atom stereocenters. The lowest BCUT2D eigenvalue weighted by Crippen LogP contribution is -2.45. The predicted octanol–water partition coefficient (Wildman–Crippen LogP) is 1.29. The summed E-state index contributed by atoms with van der Waals surface area (Å²) in [6, 6.07) is -0.544. The maximum atomic E-state index is 12.7. The molecule has 0 bridgehead atoms. The van der Waals surface area contributed by atoms with Crippen LogP contribution in [0, 0.1) is 17.8 Å². The average Bonchev–Trinajstić information content (AvgIpc) is 3.12. The second-order valence-corrected chi connectivity index (χ2v) is 6.01. The quantitative estimate of drug-likeness (QED) is 0.790. The Morgan fingerprint density at radius 2 is 1.90 bits per heavy atom. The van der Waals surface area contributed by atoms with E-state index in [1.807, 2.05) is 6.92 Å². The zero-order valence-corrected chi connectivity index (χ0v) is 12.6. The molecule has 1 aliphatic heterocycles. The van der Waals surface area contributed by atoms with Crippen LogP contribution in [0.4, 0.5) is 0 Å². The number of hydrogen-bond donors (Lipinski definition) is 1. The van der Waals surface area contributed by atoms with Gasteiger partial charge in [-0.1, -0.05) is 13.3 Å². The highest BCUT2D eigenvalue weighted by atomic mass is 16.5.